The summed E-state index contributed by atoms with van der Waals surface area (Å²) >= 11 is 0. The van der Waals surface area contributed by atoms with Gasteiger partial charge in [-0.25, -0.2) is 9.59 Å². The first-order valence-corrected chi connectivity index (χ1v) is 5.55. The van der Waals surface area contributed by atoms with Gasteiger partial charge in [-0.05, 0) is 38.0 Å². The van der Waals surface area contributed by atoms with Crippen LogP contribution in [0.25, 0.3) is 0 Å². The van der Waals surface area contributed by atoms with E-state index in [4.69, 9.17) is 5.11 Å². The largest absolute Gasteiger partial charge is 0.508 e. The van der Waals surface area contributed by atoms with Crippen molar-refractivity contribution in [2.24, 2.45) is 0 Å². The molecule has 1 fully saturated rings. The van der Waals surface area contributed by atoms with Gasteiger partial charge in [0.15, 0.2) is 0 Å². The van der Waals surface area contributed by atoms with E-state index >= 15 is 0 Å². The molecule has 2 amide bonds. The molecule has 96 valence electrons. The third kappa shape index (κ3) is 2.71. The van der Waals surface area contributed by atoms with Crippen molar-refractivity contribution < 1.29 is 19.8 Å². The van der Waals surface area contributed by atoms with Crippen molar-refractivity contribution in [1.82, 2.24) is 5.32 Å². The Morgan fingerprint density at radius 2 is 2.00 bits per heavy atom. The summed E-state index contributed by atoms with van der Waals surface area (Å²) in [4.78, 5) is 22.6. The number of anilines is 1. The molecule has 6 nitrogen and oxygen atoms in total. The molecule has 0 radical (unpaired) electrons. The summed E-state index contributed by atoms with van der Waals surface area (Å²) in [5.74, 6) is -1.37. The first-order chi connectivity index (χ1) is 8.39. The highest BCUT2D eigenvalue weighted by Gasteiger charge is 2.38. The number of phenolic OH excluding ortho intramolecular Hbond substituents is 1. The van der Waals surface area contributed by atoms with Crippen LogP contribution in [-0.4, -0.2) is 27.8 Å². The molecule has 4 N–H and O–H groups in total. The number of amides is 2. The van der Waals surface area contributed by atoms with Gasteiger partial charge in [0.05, 0.1) is 11.3 Å². The fourth-order valence-corrected chi connectivity index (χ4v) is 1.56. The van der Waals surface area contributed by atoms with Gasteiger partial charge in [-0.3, -0.25) is 0 Å². The van der Waals surface area contributed by atoms with Crippen LogP contribution in [-0.2, 0) is 0 Å². The second-order valence-corrected chi connectivity index (χ2v) is 4.67. The Kier molecular flexibility index (Phi) is 2.86. The quantitative estimate of drug-likeness (QED) is 0.614. The van der Waals surface area contributed by atoms with Crippen molar-refractivity contribution in [3.63, 3.8) is 0 Å². The van der Waals surface area contributed by atoms with Crippen LogP contribution in [0.3, 0.4) is 0 Å². The van der Waals surface area contributed by atoms with Crippen LogP contribution in [0.1, 0.15) is 30.1 Å². The number of phenols is 1. The number of nitrogens with one attached hydrogen (secondary N) is 2. The second-order valence-electron chi connectivity index (χ2n) is 4.67. The number of carbonyl (C=O) groups excluding carboxylic acids is 1. The molecule has 0 atom stereocenters. The number of aromatic hydroxyl groups is 1. The number of aromatic carboxylic acids is 1. The molecule has 1 aliphatic rings. The van der Waals surface area contributed by atoms with Gasteiger partial charge in [0.25, 0.3) is 0 Å². The van der Waals surface area contributed by atoms with Crippen molar-refractivity contribution in [1.29, 1.82) is 0 Å². The molecule has 0 spiro atoms. The molecule has 6 heteroatoms. The summed E-state index contributed by atoms with van der Waals surface area (Å²) in [6.45, 7) is 1.92. The third-order valence-corrected chi connectivity index (χ3v) is 2.90. The Morgan fingerprint density at radius 1 is 1.33 bits per heavy atom. The van der Waals surface area contributed by atoms with E-state index in [1.165, 1.54) is 12.1 Å². The van der Waals surface area contributed by atoms with Gasteiger partial charge in [0, 0.05) is 5.54 Å². The molecular weight excluding hydrogens is 236 g/mol. The SMILES string of the molecule is CC1(NC(=O)Nc2ccc(O)cc2C(=O)O)CC1. The summed E-state index contributed by atoms with van der Waals surface area (Å²) in [6.07, 6.45) is 1.84. The van der Waals surface area contributed by atoms with Crippen molar-refractivity contribution >= 4 is 17.7 Å². The zero-order chi connectivity index (χ0) is 13.3. The summed E-state index contributed by atoms with van der Waals surface area (Å²) in [5.41, 5.74) is -0.169. The highest BCUT2D eigenvalue weighted by Crippen LogP contribution is 2.34. The molecule has 1 aliphatic carbocycles. The normalized spacial score (nSPS) is 15.8. The number of carboxylic acids is 1. The molecule has 0 aromatic heterocycles. The Labute approximate surface area is 104 Å². The average Bonchev–Trinajstić information content (AvgIpc) is 2.98. The lowest BCUT2D eigenvalue weighted by Crippen LogP contribution is -2.37. The van der Waals surface area contributed by atoms with Gasteiger partial charge in [0.2, 0.25) is 0 Å². The molecule has 0 aliphatic heterocycles. The van der Waals surface area contributed by atoms with E-state index in [0.717, 1.165) is 18.9 Å². The topological polar surface area (TPSA) is 98.7 Å². The third-order valence-electron chi connectivity index (χ3n) is 2.90. The maximum Gasteiger partial charge on any atom is 0.337 e. The molecule has 0 unspecified atom stereocenters. The number of benzene rings is 1. The Morgan fingerprint density at radius 3 is 2.56 bits per heavy atom. The van der Waals surface area contributed by atoms with E-state index in [9.17, 15) is 14.7 Å². The van der Waals surface area contributed by atoms with Crippen LogP contribution in [0, 0.1) is 0 Å². The maximum absolute atomic E-state index is 11.7. The monoisotopic (exact) mass is 250 g/mol. The van der Waals surface area contributed by atoms with Gasteiger partial charge in [-0.15, -0.1) is 0 Å². The summed E-state index contributed by atoms with van der Waals surface area (Å²) < 4.78 is 0. The fourth-order valence-electron chi connectivity index (χ4n) is 1.56. The summed E-state index contributed by atoms with van der Waals surface area (Å²) in [7, 11) is 0. The van der Waals surface area contributed by atoms with Crippen molar-refractivity contribution in [2.45, 2.75) is 25.3 Å². The van der Waals surface area contributed by atoms with Crippen LogP contribution >= 0.6 is 0 Å². The van der Waals surface area contributed by atoms with E-state index in [2.05, 4.69) is 10.6 Å². The maximum atomic E-state index is 11.7. The number of rotatable bonds is 3. The van der Waals surface area contributed by atoms with Crippen LogP contribution in [0.5, 0.6) is 5.75 Å². The fraction of sp³-hybridized carbons (Fsp3) is 0.333. The molecule has 0 heterocycles. The smallest absolute Gasteiger partial charge is 0.337 e. The van der Waals surface area contributed by atoms with Gasteiger partial charge >= 0.3 is 12.0 Å². The zero-order valence-electron chi connectivity index (χ0n) is 9.86. The van der Waals surface area contributed by atoms with Gasteiger partial charge in [0.1, 0.15) is 5.75 Å². The Balaban J connectivity index is 2.13. The minimum absolute atomic E-state index is 0.147. The highest BCUT2D eigenvalue weighted by molar-refractivity contribution is 6.00. The lowest BCUT2D eigenvalue weighted by atomic mass is 10.1. The number of urea groups is 1. The van der Waals surface area contributed by atoms with Crippen molar-refractivity contribution in [2.75, 3.05) is 5.32 Å². The second kappa shape index (κ2) is 4.21. The number of hydrogen-bond donors (Lipinski definition) is 4. The predicted molar refractivity (Wildman–Crippen MR) is 64.9 cm³/mol. The van der Waals surface area contributed by atoms with Gasteiger partial charge in [-0.1, -0.05) is 0 Å². The molecule has 1 aromatic carbocycles. The molecule has 2 rings (SSSR count). The molecule has 0 saturated heterocycles. The zero-order valence-corrected chi connectivity index (χ0v) is 9.86. The van der Waals surface area contributed by atoms with E-state index in [1.54, 1.807) is 0 Å². The van der Waals surface area contributed by atoms with E-state index in [1.807, 2.05) is 6.92 Å². The standard InChI is InChI=1S/C12H14N2O4/c1-12(4-5-12)14-11(18)13-9-3-2-7(15)6-8(9)10(16)17/h2-3,6,15H,4-5H2,1H3,(H,16,17)(H2,13,14,18). The van der Waals surface area contributed by atoms with Crippen LogP contribution in [0.15, 0.2) is 18.2 Å². The highest BCUT2D eigenvalue weighted by atomic mass is 16.4. The van der Waals surface area contributed by atoms with Crippen LogP contribution < -0.4 is 10.6 Å². The van der Waals surface area contributed by atoms with Crippen molar-refractivity contribution in [3.05, 3.63) is 23.8 Å². The first kappa shape index (κ1) is 12.2. The lowest BCUT2D eigenvalue weighted by Gasteiger charge is -2.14. The van der Waals surface area contributed by atoms with E-state index in [0.29, 0.717) is 0 Å². The molecule has 1 aromatic rings. The Bertz CT molecular complexity index is 509. The van der Waals surface area contributed by atoms with Gasteiger partial charge < -0.3 is 20.8 Å². The van der Waals surface area contributed by atoms with Crippen LogP contribution in [0.2, 0.25) is 0 Å². The van der Waals surface area contributed by atoms with E-state index in [-0.39, 0.29) is 22.5 Å². The van der Waals surface area contributed by atoms with Gasteiger partial charge in [-0.2, -0.15) is 0 Å². The van der Waals surface area contributed by atoms with E-state index < -0.39 is 12.0 Å². The van der Waals surface area contributed by atoms with Crippen LogP contribution in [0.4, 0.5) is 10.5 Å². The summed E-state index contributed by atoms with van der Waals surface area (Å²) in [5, 5.41) is 23.4. The number of carbonyl (C=O) groups is 2. The average molecular weight is 250 g/mol. The lowest BCUT2D eigenvalue weighted by molar-refractivity contribution is 0.0697. The molecular formula is C12H14N2O4. The minimum atomic E-state index is -1.21. The molecule has 0 bridgehead atoms. The number of carboxylic acid groups (broad SMARTS) is 1. The Hall–Kier alpha value is -2.24. The number of hydrogen-bond acceptors (Lipinski definition) is 3. The van der Waals surface area contributed by atoms with Crippen molar-refractivity contribution in [3.8, 4) is 5.75 Å². The minimum Gasteiger partial charge on any atom is -0.508 e. The predicted octanol–water partition coefficient (Wildman–Crippen LogP) is 1.76. The molecule has 1 saturated carbocycles. The first-order valence-electron chi connectivity index (χ1n) is 5.55. The molecule has 18 heavy (non-hydrogen) atoms. The summed E-state index contributed by atoms with van der Waals surface area (Å²) in [6, 6.07) is 3.33.